The number of pyridine rings is 1. The fourth-order valence-corrected chi connectivity index (χ4v) is 4.96. The number of carboxylic acid groups (broad SMARTS) is 1. The molecular formula is C28H29NO4. The van der Waals surface area contributed by atoms with E-state index in [1.807, 2.05) is 42.5 Å². The Balaban J connectivity index is 1.72. The van der Waals surface area contributed by atoms with Gasteiger partial charge in [-0.15, -0.1) is 0 Å². The van der Waals surface area contributed by atoms with Crippen molar-refractivity contribution < 1.29 is 19.4 Å². The van der Waals surface area contributed by atoms with Gasteiger partial charge in [0.15, 0.2) is 11.5 Å². The molecule has 5 rings (SSSR count). The summed E-state index contributed by atoms with van der Waals surface area (Å²) in [6, 6.07) is 13.5. The number of hydrogen-bond acceptors (Lipinski definition) is 4. The number of aromatic carboxylic acids is 1. The minimum Gasteiger partial charge on any atom is -0.486 e. The molecule has 33 heavy (non-hydrogen) atoms. The maximum atomic E-state index is 12.5. The van der Waals surface area contributed by atoms with Crippen LogP contribution >= 0.6 is 0 Å². The Morgan fingerprint density at radius 3 is 2.64 bits per heavy atom. The molecule has 1 atom stereocenters. The molecule has 0 radical (unpaired) electrons. The van der Waals surface area contributed by atoms with Crippen LogP contribution in [0.5, 0.6) is 11.5 Å². The van der Waals surface area contributed by atoms with Gasteiger partial charge in [0.05, 0.1) is 16.8 Å². The molecule has 5 nitrogen and oxygen atoms in total. The molecule has 1 unspecified atom stereocenters. The highest BCUT2D eigenvalue weighted by Crippen LogP contribution is 2.46. The summed E-state index contributed by atoms with van der Waals surface area (Å²) >= 11 is 0. The summed E-state index contributed by atoms with van der Waals surface area (Å²) in [4.78, 5) is 17.4. The number of benzene rings is 2. The van der Waals surface area contributed by atoms with E-state index in [4.69, 9.17) is 14.5 Å². The first kappa shape index (κ1) is 21.5. The second kappa shape index (κ2) is 8.22. The van der Waals surface area contributed by atoms with Gasteiger partial charge in [-0.2, -0.15) is 0 Å². The van der Waals surface area contributed by atoms with E-state index in [0.717, 1.165) is 52.3 Å². The van der Waals surface area contributed by atoms with Gasteiger partial charge in [-0.25, -0.2) is 9.78 Å². The van der Waals surface area contributed by atoms with Crippen molar-refractivity contribution in [3.05, 3.63) is 64.8 Å². The smallest absolute Gasteiger partial charge is 0.336 e. The predicted octanol–water partition coefficient (Wildman–Crippen LogP) is 6.24. The Hall–Kier alpha value is -3.34. The van der Waals surface area contributed by atoms with Crippen LogP contribution in [-0.4, -0.2) is 29.3 Å². The molecule has 1 aliphatic carbocycles. The molecular weight excluding hydrogens is 414 g/mol. The van der Waals surface area contributed by atoms with E-state index >= 15 is 0 Å². The highest BCUT2D eigenvalue weighted by molar-refractivity contribution is 6.06. The van der Waals surface area contributed by atoms with Gasteiger partial charge >= 0.3 is 5.97 Å². The molecule has 0 amide bonds. The molecule has 2 aliphatic rings. The van der Waals surface area contributed by atoms with Crippen LogP contribution in [0.3, 0.4) is 0 Å². The quantitative estimate of drug-likeness (QED) is 0.517. The van der Waals surface area contributed by atoms with Gasteiger partial charge in [-0.3, -0.25) is 0 Å². The number of fused-ring (bicyclic) bond motifs is 3. The molecule has 3 aromatic rings. The number of nitrogens with zero attached hydrogens (tertiary/aromatic N) is 1. The van der Waals surface area contributed by atoms with E-state index in [1.165, 1.54) is 0 Å². The van der Waals surface area contributed by atoms with Gasteiger partial charge in [-0.05, 0) is 65.1 Å². The van der Waals surface area contributed by atoms with Gasteiger partial charge in [0.25, 0.3) is 0 Å². The number of carboxylic acids is 1. The summed E-state index contributed by atoms with van der Waals surface area (Å²) in [5, 5.41) is 10.9. The van der Waals surface area contributed by atoms with Crippen molar-refractivity contribution in [3.63, 3.8) is 0 Å². The Labute approximate surface area is 194 Å². The van der Waals surface area contributed by atoms with Gasteiger partial charge in [0, 0.05) is 5.39 Å². The Morgan fingerprint density at radius 2 is 1.88 bits per heavy atom. The van der Waals surface area contributed by atoms with E-state index in [2.05, 4.69) is 26.8 Å². The molecule has 1 N–H and O–H groups in total. The van der Waals surface area contributed by atoms with Crippen LogP contribution in [-0.2, 0) is 6.42 Å². The molecule has 0 bridgehead atoms. The van der Waals surface area contributed by atoms with Crippen LogP contribution in [0.25, 0.3) is 22.6 Å². The number of ether oxygens (including phenoxy) is 2. The van der Waals surface area contributed by atoms with E-state index in [1.54, 1.807) is 0 Å². The lowest BCUT2D eigenvalue weighted by Gasteiger charge is -2.38. The average molecular weight is 444 g/mol. The SMILES string of the molecule is CCC(C)(C)C1CC(=Cc2ccc3c(c2)OCCO3)c2nc3ccccc3c(C(=O)O)c2C1. The van der Waals surface area contributed by atoms with E-state index in [0.29, 0.717) is 36.5 Å². The summed E-state index contributed by atoms with van der Waals surface area (Å²) < 4.78 is 11.4. The van der Waals surface area contributed by atoms with Gasteiger partial charge < -0.3 is 14.6 Å². The largest absolute Gasteiger partial charge is 0.486 e. The predicted molar refractivity (Wildman–Crippen MR) is 130 cm³/mol. The van der Waals surface area contributed by atoms with Crippen molar-refractivity contribution in [2.75, 3.05) is 13.2 Å². The highest BCUT2D eigenvalue weighted by atomic mass is 16.6. The van der Waals surface area contributed by atoms with Crippen molar-refractivity contribution in [2.45, 2.75) is 40.0 Å². The van der Waals surface area contributed by atoms with E-state index in [9.17, 15) is 9.90 Å². The third kappa shape index (κ3) is 3.86. The zero-order valence-electron chi connectivity index (χ0n) is 19.4. The maximum Gasteiger partial charge on any atom is 0.336 e. The molecule has 0 saturated heterocycles. The summed E-state index contributed by atoms with van der Waals surface area (Å²) in [5.74, 6) is 0.933. The number of carbonyl (C=O) groups is 1. The third-order valence-electron chi connectivity index (χ3n) is 7.35. The van der Waals surface area contributed by atoms with Crippen molar-refractivity contribution in [1.29, 1.82) is 0 Å². The second-order valence-corrected chi connectivity index (χ2v) is 9.66. The van der Waals surface area contributed by atoms with Crippen LogP contribution in [0.2, 0.25) is 0 Å². The van der Waals surface area contributed by atoms with Gasteiger partial charge in [0.1, 0.15) is 13.2 Å². The van der Waals surface area contributed by atoms with Crippen LogP contribution in [0.1, 0.15) is 60.8 Å². The van der Waals surface area contributed by atoms with Crippen LogP contribution < -0.4 is 9.47 Å². The fraction of sp³-hybridized carbons (Fsp3) is 0.357. The van der Waals surface area contributed by atoms with E-state index < -0.39 is 5.97 Å². The summed E-state index contributed by atoms with van der Waals surface area (Å²) in [7, 11) is 0. The molecule has 0 fully saturated rings. The lowest BCUT2D eigenvalue weighted by Crippen LogP contribution is -2.30. The lowest BCUT2D eigenvalue weighted by atomic mass is 9.67. The summed E-state index contributed by atoms with van der Waals surface area (Å²) in [6.07, 6.45) is 4.73. The zero-order valence-corrected chi connectivity index (χ0v) is 19.4. The number of hydrogen-bond donors (Lipinski definition) is 1. The Kier molecular flexibility index (Phi) is 5.35. The van der Waals surface area contributed by atoms with Crippen molar-refractivity contribution in [1.82, 2.24) is 4.98 Å². The molecule has 0 saturated carbocycles. The third-order valence-corrected chi connectivity index (χ3v) is 7.35. The minimum atomic E-state index is -0.890. The van der Waals surface area contributed by atoms with E-state index in [-0.39, 0.29) is 5.41 Å². The minimum absolute atomic E-state index is 0.0744. The monoisotopic (exact) mass is 443 g/mol. The highest BCUT2D eigenvalue weighted by Gasteiger charge is 2.36. The summed E-state index contributed by atoms with van der Waals surface area (Å²) in [5.41, 5.74) is 4.92. The number of rotatable bonds is 4. The number of aromatic nitrogens is 1. The maximum absolute atomic E-state index is 12.5. The molecule has 2 heterocycles. The fourth-order valence-electron chi connectivity index (χ4n) is 4.96. The zero-order chi connectivity index (χ0) is 23.2. The number of para-hydroxylation sites is 1. The molecule has 1 aromatic heterocycles. The number of allylic oxidation sites excluding steroid dienone is 1. The average Bonchev–Trinajstić information content (AvgIpc) is 2.82. The Morgan fingerprint density at radius 1 is 1.12 bits per heavy atom. The van der Waals surface area contributed by atoms with Crippen molar-refractivity contribution in [2.24, 2.45) is 11.3 Å². The first-order valence-corrected chi connectivity index (χ1v) is 11.6. The lowest BCUT2D eigenvalue weighted by molar-refractivity contribution is 0.0696. The first-order chi connectivity index (χ1) is 15.9. The van der Waals surface area contributed by atoms with Crippen LogP contribution in [0.15, 0.2) is 42.5 Å². The molecule has 1 aliphatic heterocycles. The van der Waals surface area contributed by atoms with Gasteiger partial charge in [-0.1, -0.05) is 51.5 Å². The molecule has 0 spiro atoms. The Bertz CT molecular complexity index is 1270. The normalized spacial score (nSPS) is 18.9. The molecule has 170 valence electrons. The molecule has 5 heteroatoms. The summed E-state index contributed by atoms with van der Waals surface area (Å²) in [6.45, 7) is 7.86. The van der Waals surface area contributed by atoms with Crippen molar-refractivity contribution >= 4 is 28.5 Å². The van der Waals surface area contributed by atoms with Crippen LogP contribution in [0.4, 0.5) is 0 Å². The van der Waals surface area contributed by atoms with Crippen molar-refractivity contribution in [3.8, 4) is 11.5 Å². The second-order valence-electron chi connectivity index (χ2n) is 9.66. The first-order valence-electron chi connectivity index (χ1n) is 11.6. The molecule has 2 aromatic carbocycles. The standard InChI is InChI=1S/C28H29NO4/c1-4-28(2,3)19-15-18(13-17-9-10-23-24(14-17)33-12-11-32-23)26-21(16-19)25(27(30)31)20-7-5-6-8-22(20)29-26/h5-10,13-14,19H,4,11-12,15-16H2,1-3H3,(H,30,31). The topological polar surface area (TPSA) is 68.7 Å². The van der Waals surface area contributed by atoms with Gasteiger partial charge in [0.2, 0.25) is 0 Å². The van der Waals surface area contributed by atoms with Crippen LogP contribution in [0, 0.1) is 11.3 Å².